The molecule has 0 aliphatic heterocycles. The van der Waals surface area contributed by atoms with Gasteiger partial charge in [0.1, 0.15) is 24.4 Å². The fraction of sp³-hybridized carbons (Fsp3) is 0.786. The molecule has 3 rings (SSSR count). The molecule has 10 atom stereocenters. The van der Waals surface area contributed by atoms with E-state index in [-0.39, 0.29) is 25.0 Å². The molecule has 40 heavy (non-hydrogen) atoms. The summed E-state index contributed by atoms with van der Waals surface area (Å²) in [7, 11) is 0. The van der Waals surface area contributed by atoms with Gasteiger partial charge >= 0.3 is 23.9 Å². The number of aliphatic hydroxyl groups is 4. The van der Waals surface area contributed by atoms with Crippen molar-refractivity contribution in [2.75, 3.05) is 6.61 Å². The first-order valence-corrected chi connectivity index (χ1v) is 13.4. The van der Waals surface area contributed by atoms with E-state index in [1.54, 1.807) is 13.8 Å². The predicted molar refractivity (Wildman–Crippen MR) is 137 cm³/mol. The number of rotatable bonds is 6. The molecule has 0 radical (unpaired) electrons. The monoisotopic (exact) mass is 570 g/mol. The van der Waals surface area contributed by atoms with E-state index in [1.165, 1.54) is 34.6 Å². The van der Waals surface area contributed by atoms with E-state index >= 15 is 0 Å². The Hall–Kier alpha value is -2.54. The van der Waals surface area contributed by atoms with Crippen LogP contribution >= 0.6 is 0 Å². The summed E-state index contributed by atoms with van der Waals surface area (Å²) in [6.45, 7) is 10.4. The second-order valence-electron chi connectivity index (χ2n) is 12.1. The van der Waals surface area contributed by atoms with Gasteiger partial charge in [-0.25, -0.2) is 0 Å². The Morgan fingerprint density at radius 2 is 1.48 bits per heavy atom. The maximum Gasteiger partial charge on any atom is 0.303 e. The van der Waals surface area contributed by atoms with Gasteiger partial charge in [-0.3, -0.25) is 19.2 Å². The molecule has 12 heteroatoms. The van der Waals surface area contributed by atoms with Crippen molar-refractivity contribution < 1.29 is 58.6 Å². The molecule has 2 fully saturated rings. The topological polar surface area (TPSA) is 186 Å². The number of esters is 4. The van der Waals surface area contributed by atoms with Crippen molar-refractivity contribution in [3.05, 3.63) is 11.1 Å². The summed E-state index contributed by atoms with van der Waals surface area (Å²) in [6.07, 6.45) is -8.37. The second kappa shape index (κ2) is 11.0. The Balaban J connectivity index is 2.45. The number of carbonyl (C=O) groups is 4. The van der Waals surface area contributed by atoms with Crippen molar-refractivity contribution in [2.45, 2.75) is 110 Å². The summed E-state index contributed by atoms with van der Waals surface area (Å²) in [5, 5.41) is 47.1. The van der Waals surface area contributed by atoms with Crippen LogP contribution in [0.3, 0.4) is 0 Å². The van der Waals surface area contributed by atoms with Gasteiger partial charge in [-0.1, -0.05) is 6.92 Å². The summed E-state index contributed by atoms with van der Waals surface area (Å²) in [6, 6.07) is 0. The minimum Gasteiger partial charge on any atom is -0.465 e. The smallest absolute Gasteiger partial charge is 0.303 e. The van der Waals surface area contributed by atoms with Gasteiger partial charge in [0.25, 0.3) is 0 Å². The highest BCUT2D eigenvalue weighted by molar-refractivity contribution is 5.68. The zero-order valence-electron chi connectivity index (χ0n) is 24.3. The number of hydrogen-bond acceptors (Lipinski definition) is 12. The largest absolute Gasteiger partial charge is 0.465 e. The fourth-order valence-corrected chi connectivity index (χ4v) is 7.63. The quantitative estimate of drug-likeness (QED) is 0.198. The van der Waals surface area contributed by atoms with Crippen molar-refractivity contribution in [2.24, 2.45) is 22.7 Å². The lowest BCUT2D eigenvalue weighted by atomic mass is 9.52. The maximum absolute atomic E-state index is 12.5. The van der Waals surface area contributed by atoms with Crippen molar-refractivity contribution in [1.82, 2.24) is 0 Å². The number of fused-ring (bicyclic) bond motifs is 2. The van der Waals surface area contributed by atoms with Gasteiger partial charge in [0.05, 0.1) is 35.2 Å². The Labute approximate surface area is 233 Å². The highest BCUT2D eigenvalue weighted by atomic mass is 16.6. The molecule has 0 amide bonds. The van der Waals surface area contributed by atoms with E-state index in [1.807, 2.05) is 0 Å². The van der Waals surface area contributed by atoms with E-state index in [0.29, 0.717) is 5.57 Å². The van der Waals surface area contributed by atoms with Crippen molar-refractivity contribution in [3.63, 3.8) is 0 Å². The van der Waals surface area contributed by atoms with Gasteiger partial charge in [-0.05, 0) is 38.3 Å². The first kappa shape index (κ1) is 32.0. The van der Waals surface area contributed by atoms with Gasteiger partial charge in [-0.2, -0.15) is 0 Å². The van der Waals surface area contributed by atoms with Crippen LogP contribution < -0.4 is 0 Å². The number of ether oxygens (including phenoxy) is 4. The molecule has 4 N–H and O–H groups in total. The first-order chi connectivity index (χ1) is 18.3. The minimum atomic E-state index is -1.76. The van der Waals surface area contributed by atoms with Crippen LogP contribution in [0.25, 0.3) is 0 Å². The number of carbonyl (C=O) groups excluding carboxylic acids is 4. The van der Waals surface area contributed by atoms with E-state index < -0.39 is 88.8 Å². The normalized spacial score (nSPS) is 39.4. The van der Waals surface area contributed by atoms with Gasteiger partial charge in [0, 0.05) is 46.0 Å². The highest BCUT2D eigenvalue weighted by Crippen LogP contribution is 2.65. The number of hydrogen-bond donors (Lipinski definition) is 4. The Morgan fingerprint density at radius 3 is 1.95 bits per heavy atom. The van der Waals surface area contributed by atoms with Gasteiger partial charge in [-0.15, -0.1) is 0 Å². The molecule has 2 saturated carbocycles. The summed E-state index contributed by atoms with van der Waals surface area (Å²) in [4.78, 5) is 48.9. The molecule has 0 spiro atoms. The molecule has 12 nitrogen and oxygen atoms in total. The van der Waals surface area contributed by atoms with E-state index in [2.05, 4.69) is 0 Å². The molecule has 3 aliphatic carbocycles. The van der Waals surface area contributed by atoms with E-state index in [4.69, 9.17) is 18.9 Å². The molecule has 0 unspecified atom stereocenters. The Bertz CT molecular complexity index is 1080. The maximum atomic E-state index is 12.5. The van der Waals surface area contributed by atoms with E-state index in [9.17, 15) is 39.6 Å². The Kier molecular flexibility index (Phi) is 8.82. The summed E-state index contributed by atoms with van der Waals surface area (Å²) < 4.78 is 22.5. The minimum absolute atomic E-state index is 0.110. The molecular weight excluding hydrogens is 528 g/mol. The van der Waals surface area contributed by atoms with Crippen LogP contribution in [0.1, 0.15) is 68.2 Å². The van der Waals surface area contributed by atoms with Crippen LogP contribution in [-0.2, 0) is 38.1 Å². The SMILES string of the molecule is CC(=O)OC[C@H]1[C@H]2[C@H](O)[C@]3(C(C)(C)O)C[C@H](O)C(C)=C3[C@@H](O)[C@H](OC(C)=O)[C@]2(C)[C@@H](OC(C)=O)C[C@@H]1OC(C)=O. The summed E-state index contributed by atoms with van der Waals surface area (Å²) in [5.41, 5.74) is -4.60. The zero-order valence-corrected chi connectivity index (χ0v) is 24.3. The van der Waals surface area contributed by atoms with Gasteiger partial charge in [0.15, 0.2) is 0 Å². The lowest BCUT2D eigenvalue weighted by molar-refractivity contribution is -0.243. The second-order valence-corrected chi connectivity index (χ2v) is 12.1. The predicted octanol–water partition coefficient (Wildman–Crippen LogP) is 0.561. The van der Waals surface area contributed by atoms with Crippen LogP contribution in [0.15, 0.2) is 11.1 Å². The van der Waals surface area contributed by atoms with Crippen LogP contribution in [-0.4, -0.2) is 93.1 Å². The molecule has 226 valence electrons. The lowest BCUT2D eigenvalue weighted by Crippen LogP contribution is -2.66. The molecule has 0 saturated heterocycles. The molecule has 0 aromatic rings. The fourth-order valence-electron chi connectivity index (χ4n) is 7.63. The summed E-state index contributed by atoms with van der Waals surface area (Å²) >= 11 is 0. The average Bonchev–Trinajstić information content (AvgIpc) is 3.05. The third-order valence-electron chi connectivity index (χ3n) is 9.25. The van der Waals surface area contributed by atoms with Crippen LogP contribution in [0.4, 0.5) is 0 Å². The lowest BCUT2D eigenvalue weighted by Gasteiger charge is -2.57. The highest BCUT2D eigenvalue weighted by Gasteiger charge is 2.73. The first-order valence-electron chi connectivity index (χ1n) is 13.4. The standard InChI is InChI=1S/C28H42O12/c1-12-18(33)10-28(26(6,7)36)21(12)23(34)25(40-16(5)32)27(8)20(39-15(4)31)9-19(38-14(3)30)17(11-37-13(2)29)22(27)24(28)35/h17-20,22-25,33-36H,9-11H2,1-8H3/t17-,18+,19+,20+,22+,23-,24+,25+,27-,28+/m1/s1. The molecule has 0 bridgehead atoms. The van der Waals surface area contributed by atoms with Crippen LogP contribution in [0.5, 0.6) is 0 Å². The van der Waals surface area contributed by atoms with E-state index in [0.717, 1.165) is 6.92 Å². The van der Waals surface area contributed by atoms with Gasteiger partial charge in [0.2, 0.25) is 0 Å². The molecule has 0 heterocycles. The third-order valence-corrected chi connectivity index (χ3v) is 9.25. The molecular formula is C28H42O12. The average molecular weight is 571 g/mol. The number of aliphatic hydroxyl groups excluding tert-OH is 3. The van der Waals surface area contributed by atoms with Crippen molar-refractivity contribution in [1.29, 1.82) is 0 Å². The Morgan fingerprint density at radius 1 is 0.925 bits per heavy atom. The summed E-state index contributed by atoms with van der Waals surface area (Å²) in [5.74, 6) is -4.92. The van der Waals surface area contributed by atoms with Crippen LogP contribution in [0, 0.1) is 22.7 Å². The van der Waals surface area contributed by atoms with Gasteiger partial charge < -0.3 is 39.4 Å². The molecule has 3 aliphatic rings. The van der Waals surface area contributed by atoms with Crippen LogP contribution in [0.2, 0.25) is 0 Å². The molecule has 0 aromatic heterocycles. The molecule has 0 aromatic carbocycles. The van der Waals surface area contributed by atoms with Crippen molar-refractivity contribution in [3.8, 4) is 0 Å². The van der Waals surface area contributed by atoms with Crippen molar-refractivity contribution >= 4 is 23.9 Å². The third kappa shape index (κ3) is 5.15. The zero-order chi connectivity index (χ0) is 30.5.